The molecular formula is C37H56O10. The van der Waals surface area contributed by atoms with E-state index in [0.717, 1.165) is 51.4 Å². The fraction of sp³-hybridized carbons (Fsp3) is 0.973. The Morgan fingerprint density at radius 2 is 1.62 bits per heavy atom. The molecule has 4 heterocycles. The van der Waals surface area contributed by atoms with Crippen LogP contribution in [0.1, 0.15) is 99.8 Å². The lowest BCUT2D eigenvalue weighted by molar-refractivity contribution is -0.309. The topological polar surface area (TPSA) is 136 Å². The maximum absolute atomic E-state index is 12.9. The van der Waals surface area contributed by atoms with E-state index in [1.54, 1.807) is 6.92 Å². The van der Waals surface area contributed by atoms with Gasteiger partial charge in [-0.05, 0) is 97.2 Å². The molecule has 3 N–H and O–H groups in total. The summed E-state index contributed by atoms with van der Waals surface area (Å²) in [6.07, 6.45) is 2.89. The normalized spacial score (nSPS) is 62.8. The van der Waals surface area contributed by atoms with Crippen molar-refractivity contribution in [3.63, 3.8) is 0 Å². The molecule has 4 aliphatic heterocycles. The van der Waals surface area contributed by atoms with Crippen LogP contribution in [0.3, 0.4) is 0 Å². The summed E-state index contributed by atoms with van der Waals surface area (Å²) >= 11 is 0. The number of rotatable bonds is 3. The van der Waals surface area contributed by atoms with E-state index in [-0.39, 0.29) is 75.6 Å². The highest BCUT2D eigenvalue weighted by atomic mass is 16.8. The molecule has 10 heteroatoms. The Bertz CT molecular complexity index is 1360. The van der Waals surface area contributed by atoms with Crippen molar-refractivity contribution >= 4 is 5.97 Å². The zero-order valence-corrected chi connectivity index (χ0v) is 29.2. The van der Waals surface area contributed by atoms with Gasteiger partial charge in [0.05, 0.1) is 25.4 Å². The molecular weight excluding hydrogens is 604 g/mol. The van der Waals surface area contributed by atoms with Gasteiger partial charge in [0.25, 0.3) is 0 Å². The Balaban J connectivity index is 1.03. The van der Waals surface area contributed by atoms with Crippen LogP contribution in [0.25, 0.3) is 0 Å². The second-order valence-corrected chi connectivity index (χ2v) is 18.9. The molecule has 9 fully saturated rings. The SMILES string of the molecule is CC(=O)O[C@@H]1C[C@@]23C[C@@]24CC[C@H](O[C@@H]2OC[C@@H](O)[C@H](O)[C@H]2O)C(C)(C)[C@H]4CC[C@H]3[C@]2(C)C[C@H]3O[C@]4(C[C@H](C)[C@@H]3[C@@]12C)OC[C@]1(C)O[C@H]41. The molecule has 0 unspecified atom stereocenters. The number of aliphatic hydroxyl groups is 3. The van der Waals surface area contributed by atoms with Crippen molar-refractivity contribution in [2.45, 2.75) is 160 Å². The third-order valence-electron chi connectivity index (χ3n) is 16.6. The van der Waals surface area contributed by atoms with E-state index in [4.69, 9.17) is 28.4 Å². The largest absolute Gasteiger partial charge is 0.462 e. The first-order chi connectivity index (χ1) is 22.0. The molecule has 47 heavy (non-hydrogen) atoms. The summed E-state index contributed by atoms with van der Waals surface area (Å²) in [4.78, 5) is 12.9. The summed E-state index contributed by atoms with van der Waals surface area (Å²) in [5.74, 6) is 0.642. The van der Waals surface area contributed by atoms with Gasteiger partial charge in [0.2, 0.25) is 0 Å². The van der Waals surface area contributed by atoms with E-state index in [2.05, 4.69) is 41.5 Å². The summed E-state index contributed by atoms with van der Waals surface area (Å²) < 4.78 is 38.4. The molecule has 5 aliphatic carbocycles. The van der Waals surface area contributed by atoms with Crippen molar-refractivity contribution in [2.75, 3.05) is 13.2 Å². The minimum atomic E-state index is -1.29. The number of hydrogen-bond acceptors (Lipinski definition) is 10. The minimum absolute atomic E-state index is 0.00697. The second-order valence-electron chi connectivity index (χ2n) is 18.9. The number of hydrogen-bond donors (Lipinski definition) is 3. The number of carbonyl (C=O) groups is 1. The Hall–Kier alpha value is -0.850. The van der Waals surface area contributed by atoms with Crippen molar-refractivity contribution in [1.82, 2.24) is 0 Å². The molecule has 0 amide bonds. The summed E-state index contributed by atoms with van der Waals surface area (Å²) in [6.45, 7) is 16.1. The Labute approximate surface area is 278 Å². The van der Waals surface area contributed by atoms with Gasteiger partial charge in [-0.3, -0.25) is 4.79 Å². The first-order valence-electron chi connectivity index (χ1n) is 18.5. The van der Waals surface area contributed by atoms with Crippen LogP contribution >= 0.6 is 0 Å². The van der Waals surface area contributed by atoms with Crippen LogP contribution in [0.2, 0.25) is 0 Å². The van der Waals surface area contributed by atoms with Crippen molar-refractivity contribution in [3.8, 4) is 0 Å². The predicted molar refractivity (Wildman–Crippen MR) is 166 cm³/mol. The number of aliphatic hydroxyl groups excluding tert-OH is 3. The fourth-order valence-electron chi connectivity index (χ4n) is 14.6. The van der Waals surface area contributed by atoms with Crippen LogP contribution in [0, 0.1) is 50.7 Å². The molecule has 0 bridgehead atoms. The molecule has 10 nitrogen and oxygen atoms in total. The number of esters is 1. The number of ether oxygens (including phenoxy) is 6. The maximum Gasteiger partial charge on any atom is 0.302 e. The lowest BCUT2D eigenvalue weighted by Gasteiger charge is -2.65. The van der Waals surface area contributed by atoms with Gasteiger partial charge in [-0.2, -0.15) is 0 Å². The van der Waals surface area contributed by atoms with Crippen LogP contribution in [0.4, 0.5) is 0 Å². The van der Waals surface area contributed by atoms with Crippen molar-refractivity contribution < 1.29 is 48.5 Å². The molecule has 4 saturated heterocycles. The Morgan fingerprint density at radius 3 is 2.30 bits per heavy atom. The first-order valence-corrected chi connectivity index (χ1v) is 18.5. The van der Waals surface area contributed by atoms with E-state index < -0.39 is 30.4 Å². The summed E-state index contributed by atoms with van der Waals surface area (Å²) in [5.41, 5.74) is -0.492. The number of fused-ring (bicyclic) bond motifs is 6. The van der Waals surface area contributed by atoms with Crippen LogP contribution in [-0.4, -0.2) is 94.9 Å². The molecule has 0 aromatic carbocycles. The van der Waals surface area contributed by atoms with Crippen molar-refractivity contribution in [2.24, 2.45) is 50.7 Å². The average Bonchev–Trinajstić information content (AvgIpc) is 3.81. The lowest BCUT2D eigenvalue weighted by atomic mass is 9.41. The predicted octanol–water partition coefficient (Wildman–Crippen LogP) is 3.71. The maximum atomic E-state index is 12.9. The molecule has 9 rings (SSSR count). The van der Waals surface area contributed by atoms with E-state index >= 15 is 0 Å². The molecule has 0 aromatic rings. The van der Waals surface area contributed by atoms with Crippen molar-refractivity contribution in [3.05, 3.63) is 0 Å². The van der Waals surface area contributed by atoms with Gasteiger partial charge in [0, 0.05) is 18.8 Å². The fourth-order valence-corrected chi connectivity index (χ4v) is 14.6. The van der Waals surface area contributed by atoms with Crippen LogP contribution < -0.4 is 0 Å². The molecule has 18 atom stereocenters. The molecule has 264 valence electrons. The molecule has 0 aromatic heterocycles. The Kier molecular flexibility index (Phi) is 6.50. The third-order valence-corrected chi connectivity index (χ3v) is 16.6. The van der Waals surface area contributed by atoms with Crippen LogP contribution in [-0.2, 0) is 33.2 Å². The van der Waals surface area contributed by atoms with Crippen molar-refractivity contribution in [1.29, 1.82) is 0 Å². The smallest absolute Gasteiger partial charge is 0.302 e. The van der Waals surface area contributed by atoms with E-state index in [1.807, 2.05) is 0 Å². The highest BCUT2D eigenvalue weighted by Crippen LogP contribution is 2.89. The number of carbonyl (C=O) groups excluding carboxylic acids is 1. The number of epoxide rings is 1. The van der Waals surface area contributed by atoms with E-state index in [9.17, 15) is 20.1 Å². The molecule has 3 spiro atoms. The van der Waals surface area contributed by atoms with Gasteiger partial charge in [-0.15, -0.1) is 0 Å². The monoisotopic (exact) mass is 660 g/mol. The zero-order chi connectivity index (χ0) is 33.3. The van der Waals surface area contributed by atoms with Gasteiger partial charge in [-0.1, -0.05) is 34.6 Å². The standard InChI is InChI=1S/C37H56O10/c1-18-12-37(30-33(6,47-30)17-43-37)46-21-13-32(5)23-9-8-22-31(3,4)24(45-29-28(41)27(40)20(39)15-42-29)10-11-35(22)16-36(23,35)14-25(44-19(2)38)34(32,7)26(18)21/h18,20-30,39-41H,8-17H2,1-7H3/t18-,20+,21+,22+,23-,24-,25+,26-,27-,28+,29-,30-,32-,33-,34+,35+,36-,37-/m0/s1. The first kappa shape index (κ1) is 32.1. The highest BCUT2D eigenvalue weighted by Gasteiger charge is 2.86. The van der Waals surface area contributed by atoms with Gasteiger partial charge in [-0.25, -0.2) is 0 Å². The van der Waals surface area contributed by atoms with E-state index in [1.165, 1.54) is 0 Å². The van der Waals surface area contributed by atoms with Gasteiger partial charge in [0.1, 0.15) is 36.1 Å². The average molecular weight is 661 g/mol. The Morgan fingerprint density at radius 1 is 0.872 bits per heavy atom. The highest BCUT2D eigenvalue weighted by molar-refractivity contribution is 5.66. The summed E-state index contributed by atoms with van der Waals surface area (Å²) in [5, 5.41) is 31.0. The van der Waals surface area contributed by atoms with Gasteiger partial charge >= 0.3 is 5.97 Å². The molecule has 0 radical (unpaired) electrons. The lowest BCUT2D eigenvalue weighted by Crippen LogP contribution is -2.64. The van der Waals surface area contributed by atoms with Crippen LogP contribution in [0.15, 0.2) is 0 Å². The van der Waals surface area contributed by atoms with Gasteiger partial charge in [0.15, 0.2) is 12.1 Å². The zero-order valence-electron chi connectivity index (χ0n) is 29.2. The van der Waals surface area contributed by atoms with Gasteiger partial charge < -0.3 is 43.7 Å². The second kappa shape index (κ2) is 9.52. The molecule has 9 aliphatic rings. The summed E-state index contributed by atoms with van der Waals surface area (Å²) in [6, 6.07) is 0. The minimum Gasteiger partial charge on any atom is -0.462 e. The summed E-state index contributed by atoms with van der Waals surface area (Å²) in [7, 11) is 0. The third kappa shape index (κ3) is 3.78. The van der Waals surface area contributed by atoms with E-state index in [0.29, 0.717) is 24.4 Å². The quantitative estimate of drug-likeness (QED) is 0.234. The molecule has 5 saturated carbocycles. The van der Waals surface area contributed by atoms with Crippen LogP contribution in [0.5, 0.6) is 0 Å².